The van der Waals surface area contributed by atoms with Gasteiger partial charge in [0.2, 0.25) is 0 Å². The van der Waals surface area contributed by atoms with Crippen LogP contribution in [-0.2, 0) is 6.42 Å². The topological polar surface area (TPSA) is 72.4 Å². The standard InChI is InChI=1S/C9H11NO3/c11-6-5-7-1-3-8(4-2-7)10-9(12)13/h1-4,10-11H,5-6H2,(H,12,13)/p-1. The van der Waals surface area contributed by atoms with Crippen LogP contribution in [0.1, 0.15) is 5.56 Å². The highest BCUT2D eigenvalue weighted by Crippen LogP contribution is 2.09. The van der Waals surface area contributed by atoms with Gasteiger partial charge in [0.05, 0.1) is 0 Å². The second kappa shape index (κ2) is 4.47. The van der Waals surface area contributed by atoms with Crippen molar-refractivity contribution in [2.75, 3.05) is 11.9 Å². The molecule has 0 aliphatic heterocycles. The maximum atomic E-state index is 10.1. The molecule has 0 spiro atoms. The number of anilines is 1. The van der Waals surface area contributed by atoms with Gasteiger partial charge < -0.3 is 20.3 Å². The minimum absolute atomic E-state index is 0.0905. The van der Waals surface area contributed by atoms with Crippen molar-refractivity contribution < 1.29 is 15.0 Å². The second-order valence-corrected chi connectivity index (χ2v) is 2.58. The maximum Gasteiger partial charge on any atom is 0.138 e. The van der Waals surface area contributed by atoms with Gasteiger partial charge >= 0.3 is 0 Å². The zero-order valence-corrected chi connectivity index (χ0v) is 6.99. The summed E-state index contributed by atoms with van der Waals surface area (Å²) in [6.45, 7) is 0.0905. The molecule has 0 aliphatic rings. The van der Waals surface area contributed by atoms with Crippen molar-refractivity contribution in [3.05, 3.63) is 29.8 Å². The van der Waals surface area contributed by atoms with Crippen molar-refractivity contribution in [1.29, 1.82) is 0 Å². The van der Waals surface area contributed by atoms with Crippen molar-refractivity contribution in [2.24, 2.45) is 0 Å². The number of aliphatic hydroxyl groups excluding tert-OH is 1. The Morgan fingerprint density at radius 2 is 2.00 bits per heavy atom. The highest BCUT2D eigenvalue weighted by molar-refractivity contribution is 5.80. The summed E-state index contributed by atoms with van der Waals surface area (Å²) >= 11 is 0. The van der Waals surface area contributed by atoms with E-state index in [1.807, 2.05) is 0 Å². The molecule has 0 fully saturated rings. The summed E-state index contributed by atoms with van der Waals surface area (Å²) in [7, 11) is 0. The molecule has 2 N–H and O–H groups in total. The molecule has 0 aromatic heterocycles. The summed E-state index contributed by atoms with van der Waals surface area (Å²) in [5.41, 5.74) is 1.44. The summed E-state index contributed by atoms with van der Waals surface area (Å²) in [4.78, 5) is 10.1. The molecule has 4 nitrogen and oxygen atoms in total. The Morgan fingerprint density at radius 1 is 1.38 bits per heavy atom. The zero-order chi connectivity index (χ0) is 9.68. The molecule has 1 amide bonds. The Balaban J connectivity index is 2.64. The number of rotatable bonds is 3. The van der Waals surface area contributed by atoms with Crippen LogP contribution >= 0.6 is 0 Å². The fraction of sp³-hybridized carbons (Fsp3) is 0.222. The van der Waals surface area contributed by atoms with E-state index in [1.54, 1.807) is 24.3 Å². The van der Waals surface area contributed by atoms with Crippen LogP contribution in [0.2, 0.25) is 0 Å². The first-order valence-electron chi connectivity index (χ1n) is 3.90. The first kappa shape index (κ1) is 9.54. The SMILES string of the molecule is O=C([O-])Nc1ccc(CCO)cc1. The number of benzene rings is 1. The lowest BCUT2D eigenvalue weighted by Crippen LogP contribution is -2.28. The predicted octanol–water partition coefficient (Wildman–Crippen LogP) is -0.0234. The van der Waals surface area contributed by atoms with Crippen LogP contribution in [0.15, 0.2) is 24.3 Å². The van der Waals surface area contributed by atoms with Crippen LogP contribution < -0.4 is 10.4 Å². The van der Waals surface area contributed by atoms with E-state index in [4.69, 9.17) is 5.11 Å². The lowest BCUT2D eigenvalue weighted by atomic mass is 10.1. The summed E-state index contributed by atoms with van der Waals surface area (Å²) in [5, 5.41) is 20.8. The Hall–Kier alpha value is -1.55. The van der Waals surface area contributed by atoms with E-state index < -0.39 is 6.09 Å². The Bertz CT molecular complexity index is 281. The number of carbonyl (C=O) groups is 1. The highest BCUT2D eigenvalue weighted by atomic mass is 16.4. The molecular weight excluding hydrogens is 170 g/mol. The number of carboxylic acid groups (broad SMARTS) is 1. The Kier molecular flexibility index (Phi) is 3.28. The highest BCUT2D eigenvalue weighted by Gasteiger charge is 1.93. The van der Waals surface area contributed by atoms with Crippen LogP contribution in [-0.4, -0.2) is 17.8 Å². The summed E-state index contributed by atoms with van der Waals surface area (Å²) in [6, 6.07) is 6.75. The van der Waals surface area contributed by atoms with Gasteiger partial charge in [-0.15, -0.1) is 0 Å². The number of carbonyl (C=O) groups excluding carboxylic acids is 1. The number of nitrogens with one attached hydrogen (secondary N) is 1. The molecule has 0 heterocycles. The third-order valence-corrected chi connectivity index (χ3v) is 1.60. The van der Waals surface area contributed by atoms with Crippen molar-refractivity contribution >= 4 is 11.8 Å². The van der Waals surface area contributed by atoms with Gasteiger partial charge in [-0.25, -0.2) is 0 Å². The number of aliphatic hydroxyl groups is 1. The van der Waals surface area contributed by atoms with Crippen LogP contribution in [0.5, 0.6) is 0 Å². The molecule has 1 aromatic rings. The molecule has 0 atom stereocenters. The van der Waals surface area contributed by atoms with Crippen LogP contribution in [0, 0.1) is 0 Å². The summed E-state index contributed by atoms with van der Waals surface area (Å²) < 4.78 is 0. The van der Waals surface area contributed by atoms with Gasteiger partial charge in [-0.1, -0.05) is 12.1 Å². The zero-order valence-electron chi connectivity index (χ0n) is 6.99. The molecule has 0 bridgehead atoms. The lowest BCUT2D eigenvalue weighted by molar-refractivity contribution is -0.242. The third kappa shape index (κ3) is 3.13. The quantitative estimate of drug-likeness (QED) is 0.686. The van der Waals surface area contributed by atoms with Gasteiger partial charge in [0.15, 0.2) is 0 Å². The maximum absolute atomic E-state index is 10.1. The van der Waals surface area contributed by atoms with E-state index in [0.29, 0.717) is 12.1 Å². The largest absolute Gasteiger partial charge is 0.530 e. The number of amides is 1. The fourth-order valence-corrected chi connectivity index (χ4v) is 1.00. The van der Waals surface area contributed by atoms with E-state index >= 15 is 0 Å². The van der Waals surface area contributed by atoms with Crippen LogP contribution in [0.3, 0.4) is 0 Å². The molecule has 70 valence electrons. The summed E-state index contributed by atoms with van der Waals surface area (Å²) in [5.74, 6) is 0. The van der Waals surface area contributed by atoms with Crippen molar-refractivity contribution in [1.82, 2.24) is 0 Å². The van der Waals surface area contributed by atoms with E-state index in [2.05, 4.69) is 5.32 Å². The predicted molar refractivity (Wildman–Crippen MR) is 46.3 cm³/mol. The van der Waals surface area contributed by atoms with Gasteiger partial charge in [0.1, 0.15) is 6.09 Å². The lowest BCUT2D eigenvalue weighted by Gasteiger charge is -2.06. The van der Waals surface area contributed by atoms with E-state index in [-0.39, 0.29) is 6.61 Å². The smallest absolute Gasteiger partial charge is 0.138 e. The molecule has 0 saturated heterocycles. The molecule has 0 saturated carbocycles. The van der Waals surface area contributed by atoms with Crippen LogP contribution in [0.25, 0.3) is 0 Å². The second-order valence-electron chi connectivity index (χ2n) is 2.58. The Labute approximate surface area is 75.8 Å². The van der Waals surface area contributed by atoms with Crippen molar-refractivity contribution in [3.8, 4) is 0 Å². The van der Waals surface area contributed by atoms with Crippen LogP contribution in [0.4, 0.5) is 10.5 Å². The Morgan fingerprint density at radius 3 is 2.46 bits per heavy atom. The van der Waals surface area contributed by atoms with Crippen molar-refractivity contribution in [2.45, 2.75) is 6.42 Å². The normalized spacial score (nSPS) is 9.62. The molecular formula is C9H10NO3-. The minimum atomic E-state index is -1.32. The molecule has 0 unspecified atom stereocenters. The molecule has 1 aromatic carbocycles. The number of hydrogen-bond acceptors (Lipinski definition) is 3. The third-order valence-electron chi connectivity index (χ3n) is 1.60. The molecule has 4 heteroatoms. The fourth-order valence-electron chi connectivity index (χ4n) is 1.00. The first-order chi connectivity index (χ1) is 6.22. The van der Waals surface area contributed by atoms with E-state index in [0.717, 1.165) is 5.56 Å². The van der Waals surface area contributed by atoms with Gasteiger partial charge in [-0.2, -0.15) is 0 Å². The monoisotopic (exact) mass is 180 g/mol. The van der Waals surface area contributed by atoms with E-state index in [9.17, 15) is 9.90 Å². The van der Waals surface area contributed by atoms with Crippen molar-refractivity contribution in [3.63, 3.8) is 0 Å². The number of hydrogen-bond donors (Lipinski definition) is 2. The average molecular weight is 180 g/mol. The van der Waals surface area contributed by atoms with Gasteiger partial charge in [-0.3, -0.25) is 0 Å². The molecule has 1 rings (SSSR count). The van der Waals surface area contributed by atoms with Gasteiger partial charge in [0, 0.05) is 12.3 Å². The van der Waals surface area contributed by atoms with Gasteiger partial charge in [-0.05, 0) is 24.1 Å². The molecule has 0 radical (unpaired) electrons. The molecule has 13 heavy (non-hydrogen) atoms. The summed E-state index contributed by atoms with van der Waals surface area (Å²) in [6.07, 6.45) is -0.749. The average Bonchev–Trinajstić information content (AvgIpc) is 2.08. The molecule has 0 aliphatic carbocycles. The van der Waals surface area contributed by atoms with Gasteiger partial charge in [0.25, 0.3) is 0 Å². The first-order valence-corrected chi connectivity index (χ1v) is 3.90. The van der Waals surface area contributed by atoms with E-state index in [1.165, 1.54) is 0 Å². The minimum Gasteiger partial charge on any atom is -0.530 e.